The SMILES string of the molecule is C=C1CCN(c2cn[nH]c2)C(=O)N1. The molecule has 1 aromatic rings. The van der Waals surface area contributed by atoms with Crippen molar-refractivity contribution in [1.29, 1.82) is 0 Å². The summed E-state index contributed by atoms with van der Waals surface area (Å²) in [6, 6.07) is -0.141. The highest BCUT2D eigenvalue weighted by atomic mass is 16.2. The highest BCUT2D eigenvalue weighted by Crippen LogP contribution is 2.16. The van der Waals surface area contributed by atoms with E-state index in [1.54, 1.807) is 17.3 Å². The number of aromatic nitrogens is 2. The van der Waals surface area contributed by atoms with Gasteiger partial charge in [0.1, 0.15) is 0 Å². The minimum atomic E-state index is -0.141. The van der Waals surface area contributed by atoms with E-state index in [1.807, 2.05) is 0 Å². The third-order valence-corrected chi connectivity index (χ3v) is 1.96. The summed E-state index contributed by atoms with van der Waals surface area (Å²) in [7, 11) is 0. The quantitative estimate of drug-likeness (QED) is 0.669. The van der Waals surface area contributed by atoms with Gasteiger partial charge in [-0.15, -0.1) is 0 Å². The van der Waals surface area contributed by atoms with E-state index >= 15 is 0 Å². The second kappa shape index (κ2) is 2.93. The van der Waals surface area contributed by atoms with Gasteiger partial charge in [0.25, 0.3) is 0 Å². The topological polar surface area (TPSA) is 61.0 Å². The molecule has 2 amide bonds. The molecular formula is C8H10N4O. The summed E-state index contributed by atoms with van der Waals surface area (Å²) < 4.78 is 0. The van der Waals surface area contributed by atoms with Crippen LogP contribution in [-0.4, -0.2) is 22.8 Å². The zero-order chi connectivity index (χ0) is 9.26. The fourth-order valence-corrected chi connectivity index (χ4v) is 1.27. The lowest BCUT2D eigenvalue weighted by atomic mass is 10.2. The van der Waals surface area contributed by atoms with E-state index in [0.29, 0.717) is 6.54 Å². The van der Waals surface area contributed by atoms with Gasteiger partial charge < -0.3 is 5.32 Å². The molecule has 2 N–H and O–H groups in total. The largest absolute Gasteiger partial charge is 0.326 e. The van der Waals surface area contributed by atoms with Crippen molar-refractivity contribution >= 4 is 11.7 Å². The Morgan fingerprint density at radius 1 is 1.62 bits per heavy atom. The van der Waals surface area contributed by atoms with Crippen LogP contribution in [0.4, 0.5) is 10.5 Å². The number of urea groups is 1. The van der Waals surface area contributed by atoms with Crippen LogP contribution in [0.25, 0.3) is 0 Å². The summed E-state index contributed by atoms with van der Waals surface area (Å²) in [5.41, 5.74) is 1.55. The third-order valence-electron chi connectivity index (χ3n) is 1.96. The van der Waals surface area contributed by atoms with Crippen molar-refractivity contribution in [3.05, 3.63) is 24.7 Å². The van der Waals surface area contributed by atoms with Gasteiger partial charge >= 0.3 is 6.03 Å². The van der Waals surface area contributed by atoms with Crippen molar-refractivity contribution in [3.63, 3.8) is 0 Å². The first-order valence-electron chi connectivity index (χ1n) is 4.02. The maximum Gasteiger partial charge on any atom is 0.326 e. The van der Waals surface area contributed by atoms with Crippen LogP contribution in [0.2, 0.25) is 0 Å². The summed E-state index contributed by atoms with van der Waals surface area (Å²) in [6.45, 7) is 4.36. The number of amides is 2. The first kappa shape index (κ1) is 7.85. The Bertz CT molecular complexity index is 330. The Morgan fingerprint density at radius 2 is 2.46 bits per heavy atom. The number of nitrogens with zero attached hydrogens (tertiary/aromatic N) is 2. The monoisotopic (exact) mass is 178 g/mol. The second-order valence-corrected chi connectivity index (χ2v) is 2.89. The Morgan fingerprint density at radius 3 is 3.08 bits per heavy atom. The first-order valence-corrected chi connectivity index (χ1v) is 4.02. The maximum absolute atomic E-state index is 11.4. The summed E-state index contributed by atoms with van der Waals surface area (Å²) >= 11 is 0. The molecule has 1 fully saturated rings. The van der Waals surface area contributed by atoms with Crippen molar-refractivity contribution in [2.75, 3.05) is 11.4 Å². The van der Waals surface area contributed by atoms with Crippen LogP contribution in [0.5, 0.6) is 0 Å². The summed E-state index contributed by atoms with van der Waals surface area (Å²) in [6.07, 6.45) is 4.08. The van der Waals surface area contributed by atoms with Crippen LogP contribution < -0.4 is 10.2 Å². The number of hydrogen-bond acceptors (Lipinski definition) is 2. The molecule has 0 aliphatic carbocycles. The van der Waals surface area contributed by atoms with Gasteiger partial charge in [-0.3, -0.25) is 10.00 Å². The van der Waals surface area contributed by atoms with Crippen LogP contribution in [0.1, 0.15) is 6.42 Å². The van der Waals surface area contributed by atoms with Crippen molar-refractivity contribution in [1.82, 2.24) is 15.5 Å². The van der Waals surface area contributed by atoms with E-state index in [9.17, 15) is 4.79 Å². The van der Waals surface area contributed by atoms with Crippen LogP contribution >= 0.6 is 0 Å². The summed E-state index contributed by atoms with van der Waals surface area (Å²) in [5.74, 6) is 0. The van der Waals surface area contributed by atoms with E-state index in [-0.39, 0.29) is 6.03 Å². The zero-order valence-electron chi connectivity index (χ0n) is 7.08. The molecule has 1 aromatic heterocycles. The molecule has 68 valence electrons. The van der Waals surface area contributed by atoms with Gasteiger partial charge in [0.15, 0.2) is 0 Å². The predicted molar refractivity (Wildman–Crippen MR) is 48.2 cm³/mol. The Kier molecular flexibility index (Phi) is 1.77. The molecule has 1 saturated heterocycles. The number of carbonyl (C=O) groups excluding carboxylic acids is 1. The lowest BCUT2D eigenvalue weighted by Gasteiger charge is -2.27. The molecule has 2 heterocycles. The fraction of sp³-hybridized carbons (Fsp3) is 0.250. The number of hydrogen-bond donors (Lipinski definition) is 2. The molecule has 0 aromatic carbocycles. The molecule has 2 rings (SSSR count). The number of aromatic amines is 1. The lowest BCUT2D eigenvalue weighted by molar-refractivity contribution is 0.246. The Balaban J connectivity index is 2.17. The minimum Gasteiger partial charge on any atom is -0.312 e. The zero-order valence-corrected chi connectivity index (χ0v) is 7.08. The van der Waals surface area contributed by atoms with Crippen molar-refractivity contribution in [2.45, 2.75) is 6.42 Å². The highest BCUT2D eigenvalue weighted by Gasteiger charge is 2.21. The van der Waals surface area contributed by atoms with Gasteiger partial charge in [0, 0.05) is 24.9 Å². The van der Waals surface area contributed by atoms with Crippen molar-refractivity contribution < 1.29 is 4.79 Å². The van der Waals surface area contributed by atoms with Gasteiger partial charge in [-0.25, -0.2) is 4.79 Å². The Hall–Kier alpha value is -1.78. The standard InChI is InChI=1S/C8H10N4O/c1-6-2-3-12(8(13)11-6)7-4-9-10-5-7/h4-5H,1-3H2,(H,9,10)(H,11,13). The predicted octanol–water partition coefficient (Wildman–Crippen LogP) is 0.843. The number of anilines is 1. The molecule has 0 atom stereocenters. The number of rotatable bonds is 1. The molecule has 1 aliphatic rings. The van der Waals surface area contributed by atoms with Crippen molar-refractivity contribution in [3.8, 4) is 0 Å². The van der Waals surface area contributed by atoms with Gasteiger partial charge in [-0.1, -0.05) is 6.58 Å². The smallest absolute Gasteiger partial charge is 0.312 e. The lowest BCUT2D eigenvalue weighted by Crippen LogP contribution is -2.44. The molecule has 1 aliphatic heterocycles. The van der Waals surface area contributed by atoms with Crippen molar-refractivity contribution in [2.24, 2.45) is 0 Å². The average molecular weight is 178 g/mol. The summed E-state index contributed by atoms with van der Waals surface area (Å²) in [5, 5.41) is 9.11. The second-order valence-electron chi connectivity index (χ2n) is 2.89. The fourth-order valence-electron chi connectivity index (χ4n) is 1.27. The van der Waals surface area contributed by atoms with E-state index in [1.165, 1.54) is 0 Å². The highest BCUT2D eigenvalue weighted by molar-refractivity contribution is 5.93. The molecule has 0 saturated carbocycles. The molecular weight excluding hydrogens is 168 g/mol. The van der Waals surface area contributed by atoms with Gasteiger partial charge in [0.05, 0.1) is 11.9 Å². The molecule has 0 spiro atoms. The number of nitrogens with one attached hydrogen (secondary N) is 2. The van der Waals surface area contributed by atoms with E-state index in [4.69, 9.17) is 0 Å². The molecule has 0 bridgehead atoms. The van der Waals surface area contributed by atoms with Gasteiger partial charge in [0.2, 0.25) is 0 Å². The van der Waals surface area contributed by atoms with Crippen LogP contribution in [0.3, 0.4) is 0 Å². The van der Waals surface area contributed by atoms with Crippen LogP contribution in [0, 0.1) is 0 Å². The maximum atomic E-state index is 11.4. The summed E-state index contributed by atoms with van der Waals surface area (Å²) in [4.78, 5) is 13.0. The van der Waals surface area contributed by atoms with E-state index in [0.717, 1.165) is 17.8 Å². The number of H-pyrrole nitrogens is 1. The molecule has 5 heteroatoms. The van der Waals surface area contributed by atoms with E-state index < -0.39 is 0 Å². The minimum absolute atomic E-state index is 0.141. The molecule has 0 unspecified atom stereocenters. The number of carbonyl (C=O) groups is 1. The Labute approximate surface area is 75.4 Å². The average Bonchev–Trinajstić information content (AvgIpc) is 2.56. The van der Waals surface area contributed by atoms with Gasteiger partial charge in [-0.05, 0) is 0 Å². The normalized spacial score (nSPS) is 17.4. The molecule has 0 radical (unpaired) electrons. The van der Waals surface area contributed by atoms with Gasteiger partial charge in [-0.2, -0.15) is 5.10 Å². The molecule has 5 nitrogen and oxygen atoms in total. The van der Waals surface area contributed by atoms with Crippen LogP contribution in [0.15, 0.2) is 24.7 Å². The first-order chi connectivity index (χ1) is 6.27. The van der Waals surface area contributed by atoms with E-state index in [2.05, 4.69) is 22.1 Å². The van der Waals surface area contributed by atoms with Crippen LogP contribution in [-0.2, 0) is 0 Å². The molecule has 13 heavy (non-hydrogen) atoms. The third kappa shape index (κ3) is 1.40.